The van der Waals surface area contributed by atoms with Crippen LogP contribution in [-0.4, -0.2) is 46.1 Å². The van der Waals surface area contributed by atoms with E-state index in [-0.39, 0.29) is 0 Å². The van der Waals surface area contributed by atoms with Gasteiger partial charge in [-0.25, -0.2) is 0 Å². The molecule has 0 unspecified atom stereocenters. The Morgan fingerprint density at radius 2 is 1.77 bits per heavy atom. The SMILES string of the molecule is Oc1ccc(Br)cc1CN1CCN(Cc2cccnc2)CC1. The second-order valence-corrected chi connectivity index (χ2v) is 6.60. The summed E-state index contributed by atoms with van der Waals surface area (Å²) in [6.45, 7) is 5.89. The van der Waals surface area contributed by atoms with E-state index in [0.717, 1.165) is 49.3 Å². The summed E-state index contributed by atoms with van der Waals surface area (Å²) in [5.41, 5.74) is 2.25. The molecule has 1 aromatic carbocycles. The smallest absolute Gasteiger partial charge is 0.120 e. The number of nitrogens with zero attached hydrogens (tertiary/aromatic N) is 3. The van der Waals surface area contributed by atoms with Gasteiger partial charge in [-0.3, -0.25) is 14.8 Å². The van der Waals surface area contributed by atoms with E-state index in [2.05, 4.69) is 36.8 Å². The Hall–Kier alpha value is -1.43. The highest BCUT2D eigenvalue weighted by Gasteiger charge is 2.18. The molecular weight excluding hydrogens is 342 g/mol. The van der Waals surface area contributed by atoms with Crippen molar-refractivity contribution in [2.45, 2.75) is 13.1 Å². The number of benzene rings is 1. The van der Waals surface area contributed by atoms with Gasteiger partial charge in [-0.2, -0.15) is 0 Å². The average Bonchev–Trinajstić information content (AvgIpc) is 2.54. The van der Waals surface area contributed by atoms with Gasteiger partial charge in [0.2, 0.25) is 0 Å². The van der Waals surface area contributed by atoms with Crippen molar-refractivity contribution in [3.63, 3.8) is 0 Å². The molecule has 1 fully saturated rings. The quantitative estimate of drug-likeness (QED) is 0.908. The van der Waals surface area contributed by atoms with Gasteiger partial charge < -0.3 is 5.11 Å². The van der Waals surface area contributed by atoms with Gasteiger partial charge in [0.1, 0.15) is 5.75 Å². The third kappa shape index (κ3) is 4.06. The number of aromatic hydroxyl groups is 1. The Morgan fingerprint density at radius 3 is 2.45 bits per heavy atom. The normalized spacial score (nSPS) is 16.8. The van der Waals surface area contributed by atoms with Crippen LogP contribution in [0.5, 0.6) is 5.75 Å². The zero-order valence-electron chi connectivity index (χ0n) is 12.5. The standard InChI is InChI=1S/C17H20BrN3O/c18-16-3-4-17(22)15(10-16)13-21-8-6-20(7-9-21)12-14-2-1-5-19-11-14/h1-5,10-11,22H,6-9,12-13H2. The fraction of sp³-hybridized carbons (Fsp3) is 0.353. The van der Waals surface area contributed by atoms with Crippen molar-refractivity contribution >= 4 is 15.9 Å². The maximum absolute atomic E-state index is 9.95. The summed E-state index contributed by atoms with van der Waals surface area (Å²) >= 11 is 3.46. The third-order valence-electron chi connectivity index (χ3n) is 4.03. The molecule has 0 atom stereocenters. The van der Waals surface area contributed by atoms with Crippen molar-refractivity contribution in [1.29, 1.82) is 0 Å². The highest BCUT2D eigenvalue weighted by Crippen LogP contribution is 2.23. The summed E-state index contributed by atoms with van der Waals surface area (Å²) in [7, 11) is 0. The van der Waals surface area contributed by atoms with Crippen LogP contribution >= 0.6 is 15.9 Å². The molecule has 2 aromatic rings. The molecule has 0 spiro atoms. The Morgan fingerprint density at radius 1 is 1.05 bits per heavy atom. The fourth-order valence-electron chi connectivity index (χ4n) is 2.78. The largest absolute Gasteiger partial charge is 0.508 e. The zero-order chi connectivity index (χ0) is 15.4. The van der Waals surface area contributed by atoms with Crippen LogP contribution in [0.1, 0.15) is 11.1 Å². The number of hydrogen-bond acceptors (Lipinski definition) is 4. The van der Waals surface area contributed by atoms with Gasteiger partial charge in [0, 0.05) is 61.7 Å². The second kappa shape index (κ2) is 7.22. The topological polar surface area (TPSA) is 39.6 Å². The summed E-state index contributed by atoms with van der Waals surface area (Å²) in [6.07, 6.45) is 3.75. The van der Waals surface area contributed by atoms with Crippen LogP contribution in [0.2, 0.25) is 0 Å². The van der Waals surface area contributed by atoms with Gasteiger partial charge in [-0.1, -0.05) is 22.0 Å². The van der Waals surface area contributed by atoms with Gasteiger partial charge in [0.25, 0.3) is 0 Å². The van der Waals surface area contributed by atoms with E-state index in [4.69, 9.17) is 0 Å². The number of halogens is 1. The molecule has 3 rings (SSSR count). The number of piperazine rings is 1. The van der Waals surface area contributed by atoms with Crippen molar-refractivity contribution in [3.05, 3.63) is 58.3 Å². The second-order valence-electron chi connectivity index (χ2n) is 5.69. The number of phenolic OH excluding ortho intramolecular Hbond substituents is 1. The lowest BCUT2D eigenvalue weighted by atomic mass is 10.1. The van der Waals surface area contributed by atoms with Crippen LogP contribution in [0.15, 0.2) is 47.2 Å². The van der Waals surface area contributed by atoms with Crippen molar-refractivity contribution in [2.24, 2.45) is 0 Å². The summed E-state index contributed by atoms with van der Waals surface area (Å²) < 4.78 is 1.01. The summed E-state index contributed by atoms with van der Waals surface area (Å²) in [4.78, 5) is 9.01. The highest BCUT2D eigenvalue weighted by molar-refractivity contribution is 9.10. The molecule has 5 heteroatoms. The van der Waals surface area contributed by atoms with E-state index in [1.807, 2.05) is 30.6 Å². The molecule has 1 aliphatic heterocycles. The number of hydrogen-bond donors (Lipinski definition) is 1. The Kier molecular flexibility index (Phi) is 5.08. The summed E-state index contributed by atoms with van der Waals surface area (Å²) in [5.74, 6) is 0.376. The van der Waals surface area contributed by atoms with Gasteiger partial charge in [0.15, 0.2) is 0 Å². The number of pyridine rings is 1. The zero-order valence-corrected chi connectivity index (χ0v) is 14.0. The Bertz CT molecular complexity index is 613. The first-order chi connectivity index (χ1) is 10.7. The first-order valence-corrected chi connectivity index (χ1v) is 8.31. The number of rotatable bonds is 4. The predicted octanol–water partition coefficient (Wildman–Crippen LogP) is 2.87. The molecule has 0 amide bonds. The maximum atomic E-state index is 9.95. The first-order valence-electron chi connectivity index (χ1n) is 7.52. The molecule has 1 N–H and O–H groups in total. The summed E-state index contributed by atoms with van der Waals surface area (Å²) in [5, 5.41) is 9.95. The Labute approximate surface area is 139 Å². The molecule has 22 heavy (non-hydrogen) atoms. The minimum absolute atomic E-state index is 0.376. The minimum Gasteiger partial charge on any atom is -0.508 e. The lowest BCUT2D eigenvalue weighted by Gasteiger charge is -2.34. The first kappa shape index (κ1) is 15.5. The van der Waals surface area contributed by atoms with Crippen LogP contribution in [0.3, 0.4) is 0 Å². The molecule has 0 radical (unpaired) electrons. The molecule has 2 heterocycles. The van der Waals surface area contributed by atoms with Crippen molar-refractivity contribution in [3.8, 4) is 5.75 Å². The minimum atomic E-state index is 0.376. The van der Waals surface area contributed by atoms with E-state index in [1.54, 1.807) is 6.07 Å². The predicted molar refractivity (Wildman–Crippen MR) is 90.6 cm³/mol. The van der Waals surface area contributed by atoms with E-state index in [9.17, 15) is 5.11 Å². The molecular formula is C17H20BrN3O. The van der Waals surface area contributed by atoms with E-state index in [1.165, 1.54) is 5.56 Å². The van der Waals surface area contributed by atoms with Gasteiger partial charge in [-0.05, 0) is 29.8 Å². The number of aromatic nitrogens is 1. The molecule has 1 aliphatic rings. The molecule has 0 bridgehead atoms. The molecule has 4 nitrogen and oxygen atoms in total. The maximum Gasteiger partial charge on any atom is 0.120 e. The molecule has 1 aromatic heterocycles. The Balaban J connectivity index is 1.52. The van der Waals surface area contributed by atoms with Crippen LogP contribution in [0, 0.1) is 0 Å². The molecule has 116 valence electrons. The fourth-order valence-corrected chi connectivity index (χ4v) is 3.19. The molecule has 0 saturated carbocycles. The van der Waals surface area contributed by atoms with E-state index < -0.39 is 0 Å². The number of phenols is 1. The lowest BCUT2D eigenvalue weighted by Crippen LogP contribution is -2.45. The van der Waals surface area contributed by atoms with Gasteiger partial charge in [-0.15, -0.1) is 0 Å². The van der Waals surface area contributed by atoms with Crippen LogP contribution in [0.4, 0.5) is 0 Å². The van der Waals surface area contributed by atoms with Crippen LogP contribution < -0.4 is 0 Å². The molecule has 1 saturated heterocycles. The van der Waals surface area contributed by atoms with Crippen molar-refractivity contribution < 1.29 is 5.11 Å². The molecule has 0 aliphatic carbocycles. The lowest BCUT2D eigenvalue weighted by molar-refractivity contribution is 0.121. The van der Waals surface area contributed by atoms with E-state index >= 15 is 0 Å². The van der Waals surface area contributed by atoms with Crippen LogP contribution in [-0.2, 0) is 13.1 Å². The third-order valence-corrected chi connectivity index (χ3v) is 4.52. The highest BCUT2D eigenvalue weighted by atomic mass is 79.9. The van der Waals surface area contributed by atoms with E-state index in [0.29, 0.717) is 5.75 Å². The van der Waals surface area contributed by atoms with Crippen molar-refractivity contribution in [1.82, 2.24) is 14.8 Å². The van der Waals surface area contributed by atoms with Crippen LogP contribution in [0.25, 0.3) is 0 Å². The monoisotopic (exact) mass is 361 g/mol. The van der Waals surface area contributed by atoms with Gasteiger partial charge in [0.05, 0.1) is 0 Å². The summed E-state index contributed by atoms with van der Waals surface area (Å²) in [6, 6.07) is 9.72. The van der Waals surface area contributed by atoms with Gasteiger partial charge >= 0.3 is 0 Å². The average molecular weight is 362 g/mol. The van der Waals surface area contributed by atoms with Crippen molar-refractivity contribution in [2.75, 3.05) is 26.2 Å².